The van der Waals surface area contributed by atoms with Crippen LogP contribution in [0.2, 0.25) is 0 Å². The predicted molar refractivity (Wildman–Crippen MR) is 120 cm³/mol. The fourth-order valence-electron chi connectivity index (χ4n) is 3.34. The first-order chi connectivity index (χ1) is 14.5. The number of nitrogens with two attached hydrogens (primary N) is 1. The van der Waals surface area contributed by atoms with Gasteiger partial charge in [-0.3, -0.25) is 0 Å². The van der Waals surface area contributed by atoms with E-state index in [9.17, 15) is 5.11 Å². The maximum atomic E-state index is 9.77. The van der Waals surface area contributed by atoms with Gasteiger partial charge in [0.05, 0.1) is 11.4 Å². The van der Waals surface area contributed by atoms with Gasteiger partial charge in [0.25, 0.3) is 0 Å². The molecule has 0 radical (unpaired) electrons. The molecule has 30 heavy (non-hydrogen) atoms. The van der Waals surface area contributed by atoms with Crippen molar-refractivity contribution in [2.75, 3.05) is 0 Å². The van der Waals surface area contributed by atoms with Gasteiger partial charge >= 0.3 is 0 Å². The molecule has 5 heteroatoms. The molecule has 0 bridgehead atoms. The van der Waals surface area contributed by atoms with Crippen LogP contribution in [-0.2, 0) is 0 Å². The van der Waals surface area contributed by atoms with E-state index in [0.29, 0.717) is 11.5 Å². The summed E-state index contributed by atoms with van der Waals surface area (Å²) in [6, 6.07) is 25.2. The molecule has 0 saturated heterocycles. The van der Waals surface area contributed by atoms with Crippen molar-refractivity contribution in [3.8, 4) is 28.3 Å². The van der Waals surface area contributed by atoms with Gasteiger partial charge in [0.2, 0.25) is 0 Å². The van der Waals surface area contributed by atoms with Crippen LogP contribution < -0.4 is 5.84 Å². The Morgan fingerprint density at radius 2 is 1.43 bits per heavy atom. The van der Waals surface area contributed by atoms with Crippen molar-refractivity contribution >= 4 is 5.71 Å². The van der Waals surface area contributed by atoms with Gasteiger partial charge in [-0.25, -0.2) is 9.97 Å². The number of aryl methyl sites for hydroxylation is 2. The second kappa shape index (κ2) is 8.17. The SMILES string of the molecule is Cc1ccc(-c2cc(-c3ccccc3)nc(/C(=N/N)c3ccc(O)cc3C)n2)cc1. The molecule has 0 spiro atoms. The Bertz CT molecular complexity index is 1220. The largest absolute Gasteiger partial charge is 0.508 e. The number of hydrazone groups is 1. The van der Waals surface area contributed by atoms with Gasteiger partial charge < -0.3 is 10.9 Å². The smallest absolute Gasteiger partial charge is 0.181 e. The first-order valence-corrected chi connectivity index (χ1v) is 9.65. The fraction of sp³-hybridized carbons (Fsp3) is 0.0800. The second-order valence-electron chi connectivity index (χ2n) is 7.17. The van der Waals surface area contributed by atoms with Gasteiger partial charge in [-0.05, 0) is 43.7 Å². The summed E-state index contributed by atoms with van der Waals surface area (Å²) in [4.78, 5) is 9.56. The average Bonchev–Trinajstić information content (AvgIpc) is 2.76. The molecule has 4 rings (SSSR count). The lowest BCUT2D eigenvalue weighted by Crippen LogP contribution is -2.13. The van der Waals surface area contributed by atoms with Crippen molar-refractivity contribution in [1.29, 1.82) is 0 Å². The van der Waals surface area contributed by atoms with Crippen LogP contribution in [0.15, 0.2) is 84.0 Å². The Balaban J connectivity index is 1.92. The number of rotatable bonds is 4. The Labute approximate surface area is 175 Å². The van der Waals surface area contributed by atoms with E-state index < -0.39 is 0 Å². The van der Waals surface area contributed by atoms with Crippen LogP contribution in [0.4, 0.5) is 0 Å². The zero-order valence-electron chi connectivity index (χ0n) is 16.9. The predicted octanol–water partition coefficient (Wildman–Crippen LogP) is 4.84. The van der Waals surface area contributed by atoms with Crippen LogP contribution in [0, 0.1) is 13.8 Å². The number of benzene rings is 3. The highest BCUT2D eigenvalue weighted by molar-refractivity contribution is 6.11. The van der Waals surface area contributed by atoms with E-state index in [-0.39, 0.29) is 5.75 Å². The van der Waals surface area contributed by atoms with Gasteiger partial charge in [0.1, 0.15) is 11.5 Å². The van der Waals surface area contributed by atoms with Gasteiger partial charge in [-0.15, -0.1) is 0 Å². The zero-order chi connectivity index (χ0) is 21.1. The van der Waals surface area contributed by atoms with E-state index in [1.54, 1.807) is 18.2 Å². The molecule has 0 aliphatic heterocycles. The number of phenolic OH excluding ortho intramolecular Hbond substituents is 1. The maximum Gasteiger partial charge on any atom is 0.181 e. The summed E-state index contributed by atoms with van der Waals surface area (Å²) in [5.41, 5.74) is 6.80. The summed E-state index contributed by atoms with van der Waals surface area (Å²) >= 11 is 0. The zero-order valence-corrected chi connectivity index (χ0v) is 16.9. The molecule has 4 aromatic rings. The van der Waals surface area contributed by atoms with Crippen LogP contribution >= 0.6 is 0 Å². The summed E-state index contributed by atoms with van der Waals surface area (Å²) in [6.07, 6.45) is 0. The van der Waals surface area contributed by atoms with Crippen LogP contribution in [0.1, 0.15) is 22.5 Å². The normalized spacial score (nSPS) is 11.5. The van der Waals surface area contributed by atoms with Crippen molar-refractivity contribution < 1.29 is 5.11 Å². The van der Waals surface area contributed by atoms with E-state index in [2.05, 4.69) is 24.2 Å². The fourth-order valence-corrected chi connectivity index (χ4v) is 3.34. The summed E-state index contributed by atoms with van der Waals surface area (Å²) in [6.45, 7) is 3.94. The van der Waals surface area contributed by atoms with E-state index in [0.717, 1.165) is 33.6 Å². The van der Waals surface area contributed by atoms with Crippen molar-refractivity contribution in [3.05, 3.63) is 101 Å². The third kappa shape index (κ3) is 3.91. The van der Waals surface area contributed by atoms with Gasteiger partial charge in [-0.2, -0.15) is 5.10 Å². The minimum absolute atomic E-state index is 0.187. The first kappa shape index (κ1) is 19.3. The molecule has 3 N–H and O–H groups in total. The van der Waals surface area contributed by atoms with Crippen molar-refractivity contribution in [3.63, 3.8) is 0 Å². The molecule has 148 valence electrons. The number of aromatic nitrogens is 2. The molecule has 0 saturated carbocycles. The number of hydrogen-bond donors (Lipinski definition) is 2. The highest BCUT2D eigenvalue weighted by atomic mass is 16.3. The van der Waals surface area contributed by atoms with Crippen molar-refractivity contribution in [2.24, 2.45) is 10.9 Å². The highest BCUT2D eigenvalue weighted by Gasteiger charge is 2.17. The summed E-state index contributed by atoms with van der Waals surface area (Å²) in [5, 5.41) is 13.8. The lowest BCUT2D eigenvalue weighted by Gasteiger charge is -2.12. The van der Waals surface area contributed by atoms with Crippen molar-refractivity contribution in [2.45, 2.75) is 13.8 Å². The molecule has 0 aliphatic carbocycles. The third-order valence-electron chi connectivity index (χ3n) is 4.95. The van der Waals surface area contributed by atoms with Crippen LogP contribution in [0.25, 0.3) is 22.5 Å². The molecule has 1 heterocycles. The van der Waals surface area contributed by atoms with E-state index in [4.69, 9.17) is 15.8 Å². The second-order valence-corrected chi connectivity index (χ2v) is 7.17. The third-order valence-corrected chi connectivity index (χ3v) is 4.95. The van der Waals surface area contributed by atoms with Gasteiger partial charge in [-0.1, -0.05) is 60.2 Å². The van der Waals surface area contributed by atoms with Crippen LogP contribution in [-0.4, -0.2) is 20.8 Å². The first-order valence-electron chi connectivity index (χ1n) is 9.65. The lowest BCUT2D eigenvalue weighted by molar-refractivity contribution is 0.475. The number of nitrogens with zero attached hydrogens (tertiary/aromatic N) is 3. The molecule has 1 aromatic heterocycles. The van der Waals surface area contributed by atoms with Crippen molar-refractivity contribution in [1.82, 2.24) is 9.97 Å². The minimum Gasteiger partial charge on any atom is -0.508 e. The monoisotopic (exact) mass is 394 g/mol. The quantitative estimate of drug-likeness (QED) is 0.295. The van der Waals surface area contributed by atoms with Gasteiger partial charge in [0.15, 0.2) is 5.82 Å². The molecular formula is C25H22N4O. The lowest BCUT2D eigenvalue weighted by atomic mass is 10.0. The standard InChI is InChI=1S/C25H22N4O/c1-16-8-10-19(11-9-16)23-15-22(18-6-4-3-5-7-18)27-25(28-23)24(29-26)21-13-12-20(30)14-17(21)2/h3-15,30H,26H2,1-2H3/b29-24+. The molecule has 0 aliphatic rings. The maximum absolute atomic E-state index is 9.77. The molecule has 0 unspecified atom stereocenters. The Morgan fingerprint density at radius 1 is 0.800 bits per heavy atom. The summed E-state index contributed by atoms with van der Waals surface area (Å²) in [5.74, 6) is 6.41. The molecule has 3 aromatic carbocycles. The molecule has 0 amide bonds. The average molecular weight is 394 g/mol. The minimum atomic E-state index is 0.187. The van der Waals surface area contributed by atoms with Gasteiger partial charge in [0, 0.05) is 16.7 Å². The molecule has 0 atom stereocenters. The van der Waals surface area contributed by atoms with E-state index in [1.807, 2.05) is 55.5 Å². The Hall–Kier alpha value is -3.99. The number of aromatic hydroxyl groups is 1. The van der Waals surface area contributed by atoms with E-state index in [1.165, 1.54) is 5.56 Å². The summed E-state index contributed by atoms with van der Waals surface area (Å²) < 4.78 is 0. The number of phenols is 1. The van der Waals surface area contributed by atoms with Crippen LogP contribution in [0.5, 0.6) is 5.75 Å². The van der Waals surface area contributed by atoms with E-state index >= 15 is 0 Å². The topological polar surface area (TPSA) is 84.4 Å². The molecular weight excluding hydrogens is 372 g/mol. The highest BCUT2D eigenvalue weighted by Crippen LogP contribution is 2.26. The summed E-state index contributed by atoms with van der Waals surface area (Å²) in [7, 11) is 0. The molecule has 0 fully saturated rings. The Kier molecular flexibility index (Phi) is 5.26. The van der Waals surface area contributed by atoms with Crippen LogP contribution in [0.3, 0.4) is 0 Å². The molecule has 5 nitrogen and oxygen atoms in total. The Morgan fingerprint density at radius 3 is 2.03 bits per heavy atom. The number of hydrogen-bond acceptors (Lipinski definition) is 5.